The predicted molar refractivity (Wildman–Crippen MR) is 66.0 cm³/mol. The molecule has 0 radical (unpaired) electrons. The third-order valence-corrected chi connectivity index (χ3v) is 2.66. The maximum atomic E-state index is 5.79. The van der Waals surface area contributed by atoms with E-state index in [1.807, 2.05) is 13.8 Å². The summed E-state index contributed by atoms with van der Waals surface area (Å²) in [4.78, 5) is 0. The van der Waals surface area contributed by atoms with E-state index in [0.29, 0.717) is 19.3 Å². The Morgan fingerprint density at radius 2 is 2.12 bits per heavy atom. The van der Waals surface area contributed by atoms with Crippen LogP contribution in [0.3, 0.4) is 0 Å². The SMILES string of the molecule is CCCCOCC(CC1CO1)OC(C)OCC. The molecule has 102 valence electrons. The smallest absolute Gasteiger partial charge is 0.155 e. The van der Waals surface area contributed by atoms with E-state index in [9.17, 15) is 0 Å². The molecular weight excluding hydrogens is 220 g/mol. The van der Waals surface area contributed by atoms with Crippen LogP contribution in [0.1, 0.15) is 40.0 Å². The second kappa shape index (κ2) is 8.86. The van der Waals surface area contributed by atoms with Gasteiger partial charge in [0, 0.05) is 19.6 Å². The van der Waals surface area contributed by atoms with E-state index >= 15 is 0 Å². The van der Waals surface area contributed by atoms with Crippen LogP contribution in [-0.2, 0) is 18.9 Å². The van der Waals surface area contributed by atoms with Gasteiger partial charge in [0.1, 0.15) is 0 Å². The molecule has 1 saturated heterocycles. The molecule has 4 heteroatoms. The van der Waals surface area contributed by atoms with E-state index in [-0.39, 0.29) is 12.4 Å². The molecule has 1 aliphatic heterocycles. The van der Waals surface area contributed by atoms with E-state index < -0.39 is 0 Å². The molecule has 0 amide bonds. The van der Waals surface area contributed by atoms with Gasteiger partial charge >= 0.3 is 0 Å². The minimum absolute atomic E-state index is 0.0842. The van der Waals surface area contributed by atoms with Crippen molar-refractivity contribution in [3.63, 3.8) is 0 Å². The molecule has 17 heavy (non-hydrogen) atoms. The highest BCUT2D eigenvalue weighted by molar-refractivity contribution is 4.74. The second-order valence-corrected chi connectivity index (χ2v) is 4.40. The first-order valence-corrected chi connectivity index (χ1v) is 6.72. The Bertz CT molecular complexity index is 182. The summed E-state index contributed by atoms with van der Waals surface area (Å²) in [5.41, 5.74) is 0. The molecule has 0 saturated carbocycles. The second-order valence-electron chi connectivity index (χ2n) is 4.40. The van der Waals surface area contributed by atoms with Gasteiger partial charge in [-0.25, -0.2) is 0 Å². The summed E-state index contributed by atoms with van der Waals surface area (Å²) in [5.74, 6) is 0. The van der Waals surface area contributed by atoms with Crippen LogP contribution in [0.4, 0.5) is 0 Å². The molecule has 0 aliphatic carbocycles. The summed E-state index contributed by atoms with van der Waals surface area (Å²) in [6.07, 6.45) is 3.45. The summed E-state index contributed by atoms with van der Waals surface area (Å²) in [7, 11) is 0. The lowest BCUT2D eigenvalue weighted by molar-refractivity contribution is -0.172. The van der Waals surface area contributed by atoms with Gasteiger partial charge in [0.25, 0.3) is 0 Å². The molecule has 0 aromatic rings. The monoisotopic (exact) mass is 246 g/mol. The largest absolute Gasteiger partial charge is 0.379 e. The molecule has 0 bridgehead atoms. The van der Waals surface area contributed by atoms with Gasteiger partial charge in [-0.1, -0.05) is 13.3 Å². The lowest BCUT2D eigenvalue weighted by atomic mass is 10.2. The third-order valence-electron chi connectivity index (χ3n) is 2.66. The Kier molecular flexibility index (Phi) is 7.77. The van der Waals surface area contributed by atoms with Crippen LogP contribution in [0, 0.1) is 0 Å². The highest BCUT2D eigenvalue weighted by Crippen LogP contribution is 2.19. The zero-order valence-corrected chi connectivity index (χ0v) is 11.3. The highest BCUT2D eigenvalue weighted by Gasteiger charge is 2.28. The van der Waals surface area contributed by atoms with Crippen LogP contribution in [0.25, 0.3) is 0 Å². The normalized spacial score (nSPS) is 22.4. The van der Waals surface area contributed by atoms with E-state index in [4.69, 9.17) is 18.9 Å². The first kappa shape index (κ1) is 14.9. The summed E-state index contributed by atoms with van der Waals surface area (Å²) >= 11 is 0. The van der Waals surface area contributed by atoms with Crippen molar-refractivity contribution in [3.8, 4) is 0 Å². The fraction of sp³-hybridized carbons (Fsp3) is 1.00. The number of rotatable bonds is 11. The van der Waals surface area contributed by atoms with Gasteiger partial charge in [-0.05, 0) is 20.3 Å². The Balaban J connectivity index is 2.16. The number of unbranched alkanes of at least 4 members (excludes halogenated alkanes) is 1. The van der Waals surface area contributed by atoms with E-state index in [1.165, 1.54) is 0 Å². The van der Waals surface area contributed by atoms with Crippen LogP contribution >= 0.6 is 0 Å². The van der Waals surface area contributed by atoms with Crippen molar-refractivity contribution in [2.75, 3.05) is 26.4 Å². The minimum Gasteiger partial charge on any atom is -0.379 e. The maximum Gasteiger partial charge on any atom is 0.155 e. The van der Waals surface area contributed by atoms with Crippen LogP contribution in [0.2, 0.25) is 0 Å². The van der Waals surface area contributed by atoms with Crippen molar-refractivity contribution in [1.82, 2.24) is 0 Å². The average molecular weight is 246 g/mol. The molecule has 1 fully saturated rings. The van der Waals surface area contributed by atoms with Gasteiger partial charge in [-0.15, -0.1) is 0 Å². The maximum absolute atomic E-state index is 5.79. The Morgan fingerprint density at radius 3 is 2.71 bits per heavy atom. The van der Waals surface area contributed by atoms with Crippen molar-refractivity contribution < 1.29 is 18.9 Å². The Morgan fingerprint density at radius 1 is 1.35 bits per heavy atom. The molecule has 1 heterocycles. The molecule has 0 N–H and O–H groups in total. The lowest BCUT2D eigenvalue weighted by Gasteiger charge is -2.21. The van der Waals surface area contributed by atoms with Gasteiger partial charge in [0.05, 0.1) is 25.4 Å². The topological polar surface area (TPSA) is 40.2 Å². The van der Waals surface area contributed by atoms with E-state index in [1.54, 1.807) is 0 Å². The lowest BCUT2D eigenvalue weighted by Crippen LogP contribution is -2.28. The first-order valence-electron chi connectivity index (χ1n) is 6.72. The zero-order chi connectivity index (χ0) is 12.5. The number of ether oxygens (including phenoxy) is 4. The fourth-order valence-corrected chi connectivity index (χ4v) is 1.67. The van der Waals surface area contributed by atoms with Crippen molar-refractivity contribution in [2.45, 2.75) is 58.5 Å². The van der Waals surface area contributed by atoms with Crippen molar-refractivity contribution in [2.24, 2.45) is 0 Å². The van der Waals surface area contributed by atoms with Gasteiger partial charge in [0.2, 0.25) is 0 Å². The molecular formula is C13H26O4. The fourth-order valence-electron chi connectivity index (χ4n) is 1.67. The molecule has 0 aromatic heterocycles. The quantitative estimate of drug-likeness (QED) is 0.319. The van der Waals surface area contributed by atoms with Crippen molar-refractivity contribution >= 4 is 0 Å². The molecule has 4 nitrogen and oxygen atoms in total. The molecule has 3 atom stereocenters. The molecule has 0 aromatic carbocycles. The summed E-state index contributed by atoms with van der Waals surface area (Å²) in [6.45, 7) is 9.03. The van der Waals surface area contributed by atoms with Gasteiger partial charge in [-0.3, -0.25) is 0 Å². The average Bonchev–Trinajstić information content (AvgIpc) is 3.08. The molecule has 1 rings (SSSR count). The first-order chi connectivity index (χ1) is 8.26. The number of hydrogen-bond donors (Lipinski definition) is 0. The standard InChI is InChI=1S/C13H26O4/c1-4-6-7-14-9-13(8-12-10-16-12)17-11(3)15-5-2/h11-13H,4-10H2,1-3H3. The van der Waals surface area contributed by atoms with Gasteiger partial charge in [-0.2, -0.15) is 0 Å². The summed E-state index contributed by atoms with van der Waals surface area (Å²) in [6, 6.07) is 0. The van der Waals surface area contributed by atoms with E-state index in [2.05, 4.69) is 6.92 Å². The Hall–Kier alpha value is -0.160. The number of hydrogen-bond acceptors (Lipinski definition) is 4. The van der Waals surface area contributed by atoms with Crippen LogP contribution < -0.4 is 0 Å². The minimum atomic E-state index is -0.168. The predicted octanol–water partition coefficient (Wildman–Crippen LogP) is 2.36. The van der Waals surface area contributed by atoms with Crippen LogP contribution in [0.15, 0.2) is 0 Å². The number of epoxide rings is 1. The Labute approximate surface area is 105 Å². The van der Waals surface area contributed by atoms with E-state index in [0.717, 1.165) is 32.5 Å². The van der Waals surface area contributed by atoms with Crippen molar-refractivity contribution in [1.29, 1.82) is 0 Å². The van der Waals surface area contributed by atoms with Crippen LogP contribution in [0.5, 0.6) is 0 Å². The van der Waals surface area contributed by atoms with Crippen molar-refractivity contribution in [3.05, 3.63) is 0 Å². The summed E-state index contributed by atoms with van der Waals surface area (Å²) in [5, 5.41) is 0. The molecule has 1 aliphatic rings. The zero-order valence-electron chi connectivity index (χ0n) is 11.3. The van der Waals surface area contributed by atoms with Crippen LogP contribution in [-0.4, -0.2) is 44.9 Å². The third kappa shape index (κ3) is 7.71. The van der Waals surface area contributed by atoms with Gasteiger partial charge < -0.3 is 18.9 Å². The summed E-state index contributed by atoms with van der Waals surface area (Å²) < 4.78 is 22.0. The highest BCUT2D eigenvalue weighted by atomic mass is 16.7. The van der Waals surface area contributed by atoms with Gasteiger partial charge in [0.15, 0.2) is 6.29 Å². The molecule has 0 spiro atoms. The molecule has 3 unspecified atom stereocenters.